The Morgan fingerprint density at radius 1 is 1.33 bits per heavy atom. The zero-order valence-electron chi connectivity index (χ0n) is 13.2. The Bertz CT molecular complexity index is 475. The van der Waals surface area contributed by atoms with Crippen molar-refractivity contribution in [3.8, 4) is 11.5 Å². The SMILES string of the molecule is CCOc1c(Cl)cc(C=C(C)CNCCOC)cc1OC. The van der Waals surface area contributed by atoms with E-state index in [1.807, 2.05) is 19.1 Å². The molecule has 0 saturated carbocycles. The quantitative estimate of drug-likeness (QED) is 0.709. The predicted molar refractivity (Wildman–Crippen MR) is 87.6 cm³/mol. The molecular formula is C16H24ClNO3. The Hall–Kier alpha value is -1.23. The molecule has 0 aliphatic carbocycles. The average Bonchev–Trinajstić information content (AvgIpc) is 2.46. The topological polar surface area (TPSA) is 39.7 Å². The molecule has 1 N–H and O–H groups in total. The van der Waals surface area contributed by atoms with Crippen LogP contribution in [0, 0.1) is 0 Å². The van der Waals surface area contributed by atoms with E-state index in [9.17, 15) is 0 Å². The smallest absolute Gasteiger partial charge is 0.179 e. The van der Waals surface area contributed by atoms with Crippen LogP contribution < -0.4 is 14.8 Å². The lowest BCUT2D eigenvalue weighted by Crippen LogP contribution is -2.20. The second-order valence-corrected chi connectivity index (χ2v) is 5.03. The molecule has 4 nitrogen and oxygen atoms in total. The van der Waals surface area contributed by atoms with Crippen molar-refractivity contribution >= 4 is 17.7 Å². The van der Waals surface area contributed by atoms with Crippen molar-refractivity contribution in [3.63, 3.8) is 0 Å². The molecule has 1 rings (SSSR count). The Morgan fingerprint density at radius 3 is 2.71 bits per heavy atom. The Kier molecular flexibility index (Phi) is 8.20. The van der Waals surface area contributed by atoms with Gasteiger partial charge in [0.15, 0.2) is 11.5 Å². The van der Waals surface area contributed by atoms with Gasteiger partial charge < -0.3 is 19.5 Å². The van der Waals surface area contributed by atoms with E-state index in [0.29, 0.717) is 29.7 Å². The molecule has 0 atom stereocenters. The van der Waals surface area contributed by atoms with Crippen LogP contribution in [0.1, 0.15) is 19.4 Å². The first-order valence-corrected chi connectivity index (χ1v) is 7.37. The number of rotatable bonds is 9. The van der Waals surface area contributed by atoms with Gasteiger partial charge in [0.25, 0.3) is 0 Å². The van der Waals surface area contributed by atoms with Crippen molar-refractivity contribution in [2.75, 3.05) is 40.5 Å². The van der Waals surface area contributed by atoms with E-state index in [1.165, 1.54) is 5.57 Å². The van der Waals surface area contributed by atoms with Gasteiger partial charge in [0.2, 0.25) is 0 Å². The molecule has 0 heterocycles. The summed E-state index contributed by atoms with van der Waals surface area (Å²) < 4.78 is 15.8. The lowest BCUT2D eigenvalue weighted by atomic mass is 10.1. The van der Waals surface area contributed by atoms with Crippen LogP contribution in [0.25, 0.3) is 6.08 Å². The molecule has 0 aliphatic heterocycles. The molecule has 1 aromatic carbocycles. The molecule has 0 amide bonds. The third-order valence-electron chi connectivity index (χ3n) is 2.84. The summed E-state index contributed by atoms with van der Waals surface area (Å²) in [7, 11) is 3.30. The van der Waals surface area contributed by atoms with Crippen LogP contribution in [-0.2, 0) is 4.74 Å². The molecule has 0 unspecified atom stereocenters. The summed E-state index contributed by atoms with van der Waals surface area (Å²) in [5.74, 6) is 1.24. The highest BCUT2D eigenvalue weighted by Crippen LogP contribution is 2.36. The summed E-state index contributed by atoms with van der Waals surface area (Å²) in [6.45, 7) is 6.87. The van der Waals surface area contributed by atoms with Crippen LogP contribution in [0.15, 0.2) is 17.7 Å². The van der Waals surface area contributed by atoms with E-state index in [2.05, 4.69) is 18.3 Å². The maximum atomic E-state index is 6.25. The number of methoxy groups -OCH3 is 2. The highest BCUT2D eigenvalue weighted by molar-refractivity contribution is 6.32. The summed E-state index contributed by atoms with van der Waals surface area (Å²) in [6, 6.07) is 3.81. The molecule has 0 saturated heterocycles. The molecule has 1 aromatic rings. The molecule has 0 spiro atoms. The van der Waals surface area contributed by atoms with Crippen molar-refractivity contribution in [3.05, 3.63) is 28.3 Å². The standard InChI is InChI=1S/C16H24ClNO3/c1-5-21-16-14(17)9-13(10-15(16)20-4)8-12(2)11-18-6-7-19-3/h8-10,18H,5-7,11H2,1-4H3. The molecule has 5 heteroatoms. The molecule has 0 aliphatic rings. The summed E-state index contributed by atoms with van der Waals surface area (Å²) in [5.41, 5.74) is 2.19. The largest absolute Gasteiger partial charge is 0.493 e. The van der Waals surface area contributed by atoms with Crippen molar-refractivity contribution in [2.45, 2.75) is 13.8 Å². The van der Waals surface area contributed by atoms with Gasteiger partial charge in [-0.3, -0.25) is 0 Å². The minimum Gasteiger partial charge on any atom is -0.493 e. The number of ether oxygens (including phenoxy) is 3. The van der Waals surface area contributed by atoms with E-state index >= 15 is 0 Å². The average molecular weight is 314 g/mol. The van der Waals surface area contributed by atoms with Crippen LogP contribution >= 0.6 is 11.6 Å². The third kappa shape index (κ3) is 5.96. The number of halogens is 1. The Balaban J connectivity index is 2.81. The fraction of sp³-hybridized carbons (Fsp3) is 0.500. The molecule has 0 fully saturated rings. The molecule has 0 aromatic heterocycles. The lowest BCUT2D eigenvalue weighted by molar-refractivity contribution is 0.200. The second-order valence-electron chi connectivity index (χ2n) is 4.63. The number of benzene rings is 1. The summed E-state index contributed by atoms with van der Waals surface area (Å²) in [5, 5.41) is 3.86. The van der Waals surface area contributed by atoms with E-state index < -0.39 is 0 Å². The Labute approximate surface area is 132 Å². The van der Waals surface area contributed by atoms with Crippen LogP contribution in [-0.4, -0.2) is 40.5 Å². The molecule has 118 valence electrons. The van der Waals surface area contributed by atoms with Gasteiger partial charge in [0.1, 0.15) is 0 Å². The summed E-state index contributed by atoms with van der Waals surface area (Å²) in [4.78, 5) is 0. The van der Waals surface area contributed by atoms with Crippen LogP contribution in [0.2, 0.25) is 5.02 Å². The van der Waals surface area contributed by atoms with Gasteiger partial charge in [-0.05, 0) is 31.5 Å². The van der Waals surface area contributed by atoms with Gasteiger partial charge in [0, 0.05) is 20.2 Å². The van der Waals surface area contributed by atoms with Gasteiger partial charge in [-0.2, -0.15) is 0 Å². The maximum absolute atomic E-state index is 6.25. The fourth-order valence-electron chi connectivity index (χ4n) is 1.90. The van der Waals surface area contributed by atoms with E-state index in [0.717, 1.165) is 18.7 Å². The zero-order chi connectivity index (χ0) is 15.7. The first-order chi connectivity index (χ1) is 10.1. The summed E-state index contributed by atoms with van der Waals surface area (Å²) in [6.07, 6.45) is 2.07. The molecule has 0 radical (unpaired) electrons. The van der Waals surface area contributed by atoms with Crippen LogP contribution in [0.4, 0.5) is 0 Å². The van der Waals surface area contributed by atoms with Crippen molar-refractivity contribution in [1.29, 1.82) is 0 Å². The van der Waals surface area contributed by atoms with Crippen molar-refractivity contribution in [2.24, 2.45) is 0 Å². The number of nitrogens with one attached hydrogen (secondary N) is 1. The van der Waals surface area contributed by atoms with Gasteiger partial charge in [-0.25, -0.2) is 0 Å². The van der Waals surface area contributed by atoms with Gasteiger partial charge >= 0.3 is 0 Å². The van der Waals surface area contributed by atoms with Gasteiger partial charge in [-0.1, -0.05) is 23.3 Å². The van der Waals surface area contributed by atoms with E-state index in [1.54, 1.807) is 14.2 Å². The highest BCUT2D eigenvalue weighted by Gasteiger charge is 2.10. The van der Waals surface area contributed by atoms with E-state index in [-0.39, 0.29) is 0 Å². The molecule has 0 bridgehead atoms. The van der Waals surface area contributed by atoms with Gasteiger partial charge in [-0.15, -0.1) is 0 Å². The number of hydrogen-bond acceptors (Lipinski definition) is 4. The Morgan fingerprint density at radius 2 is 2.10 bits per heavy atom. The van der Waals surface area contributed by atoms with Gasteiger partial charge in [0.05, 0.1) is 25.3 Å². The predicted octanol–water partition coefficient (Wildman–Crippen LogP) is 3.39. The minimum atomic E-state index is 0.549. The number of hydrogen-bond donors (Lipinski definition) is 1. The zero-order valence-corrected chi connectivity index (χ0v) is 13.9. The summed E-state index contributed by atoms with van der Waals surface area (Å²) >= 11 is 6.25. The first kappa shape index (κ1) is 17.8. The monoisotopic (exact) mass is 313 g/mol. The maximum Gasteiger partial charge on any atom is 0.179 e. The van der Waals surface area contributed by atoms with Crippen molar-refractivity contribution < 1.29 is 14.2 Å². The fourth-order valence-corrected chi connectivity index (χ4v) is 2.18. The third-order valence-corrected chi connectivity index (χ3v) is 3.12. The lowest BCUT2D eigenvalue weighted by Gasteiger charge is -2.12. The normalized spacial score (nSPS) is 11.6. The molecule has 21 heavy (non-hydrogen) atoms. The minimum absolute atomic E-state index is 0.549. The molecular weight excluding hydrogens is 290 g/mol. The van der Waals surface area contributed by atoms with E-state index in [4.69, 9.17) is 25.8 Å². The highest BCUT2D eigenvalue weighted by atomic mass is 35.5. The van der Waals surface area contributed by atoms with Crippen LogP contribution in [0.5, 0.6) is 11.5 Å². The first-order valence-electron chi connectivity index (χ1n) is 6.99. The second kappa shape index (κ2) is 9.66. The van der Waals surface area contributed by atoms with Crippen LogP contribution in [0.3, 0.4) is 0 Å². The van der Waals surface area contributed by atoms with Crippen molar-refractivity contribution in [1.82, 2.24) is 5.32 Å².